The summed E-state index contributed by atoms with van der Waals surface area (Å²) in [5.41, 5.74) is 0. The van der Waals surface area contributed by atoms with Crippen LogP contribution in [0.4, 0.5) is 43.9 Å². The van der Waals surface area contributed by atoms with Crippen molar-refractivity contribution in [3.8, 4) is 0 Å². The van der Waals surface area contributed by atoms with Gasteiger partial charge in [-0.05, 0) is 12.8 Å². The molecule has 0 rings (SSSR count). The molecule has 0 aromatic rings. The summed E-state index contributed by atoms with van der Waals surface area (Å²) in [6.45, 7) is 0. The van der Waals surface area contributed by atoms with Crippen molar-refractivity contribution in [2.45, 2.75) is 62.7 Å². The Hall–Kier alpha value is -0.700. The predicted molar refractivity (Wildman–Crippen MR) is 49.9 cm³/mol. The predicted octanol–water partition coefficient (Wildman–Crippen LogP) is 5.37. The Bertz CT molecular complexity index is 286. The van der Waals surface area contributed by atoms with E-state index in [4.69, 9.17) is 0 Å². The van der Waals surface area contributed by atoms with Crippen molar-refractivity contribution in [1.29, 1.82) is 0 Å². The summed E-state index contributed by atoms with van der Waals surface area (Å²) in [6.07, 6.45) is -13.2. The lowest BCUT2D eigenvalue weighted by Gasteiger charge is -2.25. The summed E-state index contributed by atoms with van der Waals surface area (Å²) >= 11 is 0. The van der Waals surface area contributed by atoms with Crippen molar-refractivity contribution in [3.05, 3.63) is 0 Å². The summed E-state index contributed by atoms with van der Waals surface area (Å²) in [5.74, 6) is -14.8. The molecule has 0 spiro atoms. The second kappa shape index (κ2) is 6.84. The van der Waals surface area contributed by atoms with Gasteiger partial charge in [0.25, 0.3) is 0 Å². The monoisotopic (exact) mass is 322 g/mol. The first-order valence-electron chi connectivity index (χ1n) is 5.54. The molecule has 0 amide bonds. The highest BCUT2D eigenvalue weighted by Gasteiger charge is 2.62. The lowest BCUT2D eigenvalue weighted by molar-refractivity contribution is -0.266. The number of hydrogen-bond donors (Lipinski definition) is 0. The van der Waals surface area contributed by atoms with Crippen molar-refractivity contribution in [3.63, 3.8) is 0 Å². The summed E-state index contributed by atoms with van der Waals surface area (Å²) in [6, 6.07) is 0. The largest absolute Gasteiger partial charge is 0.369 e. The molecule has 10 heteroatoms. The Balaban J connectivity index is 4.14. The normalized spacial score (nSPS) is 14.4. The van der Waals surface area contributed by atoms with Gasteiger partial charge in [0.2, 0.25) is 0 Å². The summed E-state index contributed by atoms with van der Waals surface area (Å²) in [5, 5.41) is 0. The Kier molecular flexibility index (Phi) is 6.60. The zero-order chi connectivity index (χ0) is 16.2. The molecule has 122 valence electrons. The molecule has 0 nitrogen and oxygen atoms in total. The van der Waals surface area contributed by atoms with Gasteiger partial charge in [-0.25, -0.2) is 26.3 Å². The molecule has 0 saturated heterocycles. The molecular formula is C10H12F10. The molecule has 0 saturated carbocycles. The van der Waals surface area contributed by atoms with Crippen LogP contribution >= 0.6 is 0 Å². The first kappa shape index (κ1) is 19.3. The van der Waals surface area contributed by atoms with E-state index in [1.54, 1.807) is 0 Å². The number of hydrogen-bond acceptors (Lipinski definition) is 0. The molecule has 0 fully saturated rings. The van der Waals surface area contributed by atoms with Gasteiger partial charge in [-0.2, -0.15) is 17.6 Å². The summed E-state index contributed by atoms with van der Waals surface area (Å²) < 4.78 is 122. The van der Waals surface area contributed by atoms with Crippen LogP contribution in [-0.4, -0.2) is 30.6 Å². The number of halogens is 10. The minimum Gasteiger partial charge on any atom is -0.204 e. The number of unbranched alkanes of at least 4 members (excludes halogenated alkanes) is 2. The third-order valence-corrected chi connectivity index (χ3v) is 2.58. The van der Waals surface area contributed by atoms with E-state index in [0.717, 1.165) is 0 Å². The molecule has 20 heavy (non-hydrogen) atoms. The van der Waals surface area contributed by atoms with E-state index in [1.165, 1.54) is 0 Å². The zero-order valence-electron chi connectivity index (χ0n) is 9.97. The van der Waals surface area contributed by atoms with Crippen LogP contribution in [0.25, 0.3) is 0 Å². The average Bonchev–Trinajstić information content (AvgIpc) is 2.27. The van der Waals surface area contributed by atoms with Crippen LogP contribution in [0.15, 0.2) is 0 Å². The Morgan fingerprint density at radius 2 is 1.05 bits per heavy atom. The lowest BCUT2D eigenvalue weighted by atomic mass is 10.0. The molecule has 0 N–H and O–H groups in total. The summed E-state index contributed by atoms with van der Waals surface area (Å²) in [7, 11) is 0. The van der Waals surface area contributed by atoms with E-state index in [1.807, 2.05) is 0 Å². The van der Waals surface area contributed by atoms with Gasteiger partial charge in [0.15, 0.2) is 0 Å². The zero-order valence-corrected chi connectivity index (χ0v) is 9.97. The van der Waals surface area contributed by atoms with E-state index in [2.05, 4.69) is 0 Å². The Morgan fingerprint density at radius 1 is 0.600 bits per heavy atom. The fourth-order valence-corrected chi connectivity index (χ4v) is 1.32. The van der Waals surface area contributed by atoms with E-state index in [-0.39, 0.29) is 0 Å². The SMILES string of the molecule is FC(F)C(F)(F)CCCCCC(F)(F)C(F)(F)C(F)F. The highest BCUT2D eigenvalue weighted by atomic mass is 19.3. The second-order valence-electron chi connectivity index (χ2n) is 4.25. The maximum absolute atomic E-state index is 12.7. The third kappa shape index (κ3) is 5.01. The molecule has 0 bridgehead atoms. The van der Waals surface area contributed by atoms with Crippen molar-refractivity contribution in [2.24, 2.45) is 0 Å². The number of alkyl halides is 10. The van der Waals surface area contributed by atoms with Crippen LogP contribution in [0.5, 0.6) is 0 Å². The van der Waals surface area contributed by atoms with Crippen molar-refractivity contribution in [1.82, 2.24) is 0 Å². The maximum atomic E-state index is 12.7. The minimum atomic E-state index is -5.51. The Labute approximate surface area is 108 Å². The van der Waals surface area contributed by atoms with Gasteiger partial charge >= 0.3 is 30.6 Å². The second-order valence-corrected chi connectivity index (χ2v) is 4.25. The molecule has 0 heterocycles. The van der Waals surface area contributed by atoms with Crippen molar-refractivity contribution >= 4 is 0 Å². The quantitative estimate of drug-likeness (QED) is 0.395. The highest BCUT2D eigenvalue weighted by Crippen LogP contribution is 2.42. The average molecular weight is 322 g/mol. The third-order valence-electron chi connectivity index (χ3n) is 2.58. The fourth-order valence-electron chi connectivity index (χ4n) is 1.32. The van der Waals surface area contributed by atoms with Crippen LogP contribution in [0, 0.1) is 0 Å². The van der Waals surface area contributed by atoms with Crippen LogP contribution in [0.2, 0.25) is 0 Å². The molecule has 0 radical (unpaired) electrons. The van der Waals surface area contributed by atoms with Gasteiger partial charge < -0.3 is 0 Å². The first-order valence-corrected chi connectivity index (χ1v) is 5.54. The molecule has 0 aliphatic heterocycles. The molecule has 0 aromatic carbocycles. The van der Waals surface area contributed by atoms with E-state index in [9.17, 15) is 43.9 Å². The number of rotatable bonds is 9. The van der Waals surface area contributed by atoms with Gasteiger partial charge in [0.05, 0.1) is 0 Å². The standard InChI is InChI=1S/C10H12F10/c11-6(12)8(15,16)4-2-1-3-5-9(17,18)10(19,20)7(13)14/h6-7H,1-5H2. The maximum Gasteiger partial charge on any atom is 0.369 e. The van der Waals surface area contributed by atoms with Crippen LogP contribution in [0.3, 0.4) is 0 Å². The first-order chi connectivity index (χ1) is 8.84. The van der Waals surface area contributed by atoms with Crippen LogP contribution in [-0.2, 0) is 0 Å². The fraction of sp³-hybridized carbons (Fsp3) is 1.00. The lowest BCUT2D eigenvalue weighted by Crippen LogP contribution is -2.46. The van der Waals surface area contributed by atoms with Crippen LogP contribution < -0.4 is 0 Å². The highest BCUT2D eigenvalue weighted by molar-refractivity contribution is 4.86. The molecule has 0 atom stereocenters. The van der Waals surface area contributed by atoms with Crippen LogP contribution in [0.1, 0.15) is 32.1 Å². The molecular weight excluding hydrogens is 310 g/mol. The molecule has 0 aliphatic carbocycles. The molecule has 0 unspecified atom stereocenters. The van der Waals surface area contributed by atoms with E-state index in [0.29, 0.717) is 0 Å². The van der Waals surface area contributed by atoms with Crippen molar-refractivity contribution < 1.29 is 43.9 Å². The molecule has 0 aromatic heterocycles. The van der Waals surface area contributed by atoms with E-state index < -0.39 is 62.7 Å². The minimum absolute atomic E-state index is 0.475. The summed E-state index contributed by atoms with van der Waals surface area (Å²) in [4.78, 5) is 0. The smallest absolute Gasteiger partial charge is 0.204 e. The van der Waals surface area contributed by atoms with Gasteiger partial charge in [-0.1, -0.05) is 6.42 Å². The van der Waals surface area contributed by atoms with Gasteiger partial charge in [0, 0.05) is 12.8 Å². The Morgan fingerprint density at radius 3 is 1.45 bits per heavy atom. The van der Waals surface area contributed by atoms with Gasteiger partial charge in [-0.3, -0.25) is 0 Å². The molecule has 0 aliphatic rings. The van der Waals surface area contributed by atoms with E-state index >= 15 is 0 Å². The van der Waals surface area contributed by atoms with Crippen molar-refractivity contribution in [2.75, 3.05) is 0 Å². The topological polar surface area (TPSA) is 0 Å². The van der Waals surface area contributed by atoms with Gasteiger partial charge in [-0.15, -0.1) is 0 Å². The van der Waals surface area contributed by atoms with Gasteiger partial charge in [0.1, 0.15) is 0 Å².